The summed E-state index contributed by atoms with van der Waals surface area (Å²) in [5.41, 5.74) is 5.32. The second-order valence-electron chi connectivity index (χ2n) is 6.10. The first-order chi connectivity index (χ1) is 12.1. The van der Waals surface area contributed by atoms with E-state index >= 15 is 0 Å². The van der Waals surface area contributed by atoms with Crippen LogP contribution in [-0.2, 0) is 7.05 Å². The molecule has 6 heteroatoms. The number of halogens is 1. The molecule has 0 saturated heterocycles. The molecule has 0 fully saturated rings. The Labute approximate surface area is 149 Å². The largest absolute Gasteiger partial charge is 0.506 e. The van der Waals surface area contributed by atoms with Crippen molar-refractivity contribution in [2.24, 2.45) is 12.1 Å². The molecule has 1 aromatic heterocycles. The number of benzene rings is 2. The van der Waals surface area contributed by atoms with Gasteiger partial charge in [-0.15, -0.1) is 0 Å². The van der Waals surface area contributed by atoms with E-state index in [1.54, 1.807) is 17.7 Å². The number of fused-ring (bicyclic) bond motifs is 1. The number of hydrogen-bond donors (Lipinski definition) is 2. The lowest BCUT2D eigenvalue weighted by atomic mass is 9.98. The molecule has 0 spiro atoms. The van der Waals surface area contributed by atoms with Gasteiger partial charge in [0.05, 0.1) is 17.3 Å². The third-order valence-electron chi connectivity index (χ3n) is 4.59. The summed E-state index contributed by atoms with van der Waals surface area (Å²) in [5, 5.41) is 16.3. The van der Waals surface area contributed by atoms with Gasteiger partial charge in [0.25, 0.3) is 5.56 Å². The molecule has 25 heavy (non-hydrogen) atoms. The van der Waals surface area contributed by atoms with Crippen LogP contribution in [0.2, 0.25) is 5.02 Å². The highest BCUT2D eigenvalue weighted by Crippen LogP contribution is 2.31. The fourth-order valence-electron chi connectivity index (χ4n) is 3.23. The maximum atomic E-state index is 12.8. The van der Waals surface area contributed by atoms with E-state index in [9.17, 15) is 9.90 Å². The SMILES string of the molecule is Cn1c(=O)c(C2=NNC(c3ccc(Cl)cc3)C2)c(O)c2ccccc21. The van der Waals surface area contributed by atoms with Crippen LogP contribution in [0.5, 0.6) is 5.75 Å². The van der Waals surface area contributed by atoms with Crippen molar-refractivity contribution in [3.05, 3.63) is 75.0 Å². The Kier molecular flexibility index (Phi) is 3.73. The molecule has 0 aliphatic carbocycles. The third-order valence-corrected chi connectivity index (χ3v) is 4.84. The Morgan fingerprint density at radius 2 is 1.92 bits per heavy atom. The van der Waals surface area contributed by atoms with Gasteiger partial charge in [-0.2, -0.15) is 5.10 Å². The number of hydrazone groups is 1. The quantitative estimate of drug-likeness (QED) is 0.742. The molecule has 2 N–H and O–H groups in total. The van der Waals surface area contributed by atoms with Gasteiger partial charge in [-0.25, -0.2) is 0 Å². The summed E-state index contributed by atoms with van der Waals surface area (Å²) in [6, 6.07) is 14.7. The van der Waals surface area contributed by atoms with Gasteiger partial charge in [-0.3, -0.25) is 4.79 Å². The number of aromatic nitrogens is 1. The van der Waals surface area contributed by atoms with Crippen molar-refractivity contribution in [3.8, 4) is 5.75 Å². The topological polar surface area (TPSA) is 66.6 Å². The average Bonchev–Trinajstić information content (AvgIpc) is 3.10. The van der Waals surface area contributed by atoms with Crippen molar-refractivity contribution >= 4 is 28.2 Å². The number of para-hydroxylation sites is 1. The highest BCUT2D eigenvalue weighted by atomic mass is 35.5. The Hall–Kier alpha value is -2.79. The molecule has 5 nitrogen and oxygen atoms in total. The predicted molar refractivity (Wildman–Crippen MR) is 99.3 cm³/mol. The molecule has 1 aliphatic rings. The molecule has 1 aliphatic heterocycles. The van der Waals surface area contributed by atoms with Crippen LogP contribution in [0.1, 0.15) is 23.6 Å². The molecular formula is C19H16ClN3O2. The summed E-state index contributed by atoms with van der Waals surface area (Å²) in [4.78, 5) is 12.8. The maximum absolute atomic E-state index is 12.8. The monoisotopic (exact) mass is 353 g/mol. The first kappa shape index (κ1) is 15.7. The van der Waals surface area contributed by atoms with Crippen LogP contribution >= 0.6 is 11.6 Å². The molecule has 126 valence electrons. The van der Waals surface area contributed by atoms with E-state index in [0.29, 0.717) is 28.1 Å². The molecule has 1 unspecified atom stereocenters. The fourth-order valence-corrected chi connectivity index (χ4v) is 3.35. The van der Waals surface area contributed by atoms with Crippen molar-refractivity contribution in [3.63, 3.8) is 0 Å². The number of nitrogens with zero attached hydrogens (tertiary/aromatic N) is 2. The number of hydrogen-bond acceptors (Lipinski definition) is 4. The minimum Gasteiger partial charge on any atom is -0.506 e. The van der Waals surface area contributed by atoms with E-state index in [-0.39, 0.29) is 22.9 Å². The van der Waals surface area contributed by atoms with E-state index < -0.39 is 0 Å². The highest BCUT2D eigenvalue weighted by molar-refractivity contribution is 6.30. The van der Waals surface area contributed by atoms with Crippen LogP contribution < -0.4 is 11.0 Å². The van der Waals surface area contributed by atoms with Crippen molar-refractivity contribution in [1.29, 1.82) is 0 Å². The van der Waals surface area contributed by atoms with Crippen LogP contribution in [0, 0.1) is 0 Å². The lowest BCUT2D eigenvalue weighted by Crippen LogP contribution is -2.24. The summed E-state index contributed by atoms with van der Waals surface area (Å²) in [5.74, 6) is -0.0176. The zero-order valence-electron chi connectivity index (χ0n) is 13.5. The van der Waals surface area contributed by atoms with Crippen LogP contribution in [0.15, 0.2) is 58.4 Å². The molecule has 0 bridgehead atoms. The van der Waals surface area contributed by atoms with Crippen molar-refractivity contribution in [2.45, 2.75) is 12.5 Å². The van der Waals surface area contributed by atoms with Crippen molar-refractivity contribution in [1.82, 2.24) is 9.99 Å². The summed E-state index contributed by atoms with van der Waals surface area (Å²) in [6.07, 6.45) is 0.517. The summed E-state index contributed by atoms with van der Waals surface area (Å²) >= 11 is 5.93. The third kappa shape index (κ3) is 2.57. The zero-order valence-corrected chi connectivity index (χ0v) is 14.3. The number of aryl methyl sites for hydroxylation is 1. The molecule has 2 heterocycles. The van der Waals surface area contributed by atoms with Gasteiger partial charge in [0.2, 0.25) is 0 Å². The van der Waals surface area contributed by atoms with Gasteiger partial charge in [0.1, 0.15) is 11.3 Å². The van der Waals surface area contributed by atoms with E-state index in [0.717, 1.165) is 5.56 Å². The van der Waals surface area contributed by atoms with E-state index in [1.807, 2.05) is 42.5 Å². The van der Waals surface area contributed by atoms with Gasteiger partial charge in [0, 0.05) is 23.9 Å². The van der Waals surface area contributed by atoms with Gasteiger partial charge in [-0.05, 0) is 29.8 Å². The molecule has 0 radical (unpaired) electrons. The van der Waals surface area contributed by atoms with Crippen molar-refractivity contribution in [2.75, 3.05) is 0 Å². The van der Waals surface area contributed by atoms with Crippen molar-refractivity contribution < 1.29 is 5.11 Å². The Morgan fingerprint density at radius 3 is 2.68 bits per heavy atom. The molecule has 2 aromatic carbocycles. The van der Waals surface area contributed by atoms with E-state index in [1.165, 1.54) is 0 Å². The van der Waals surface area contributed by atoms with Gasteiger partial charge in [-0.1, -0.05) is 35.9 Å². The number of rotatable bonds is 2. The second kappa shape index (κ2) is 5.93. The minimum atomic E-state index is -0.256. The normalized spacial score (nSPS) is 16.7. The van der Waals surface area contributed by atoms with Crippen LogP contribution in [0.3, 0.4) is 0 Å². The van der Waals surface area contributed by atoms with Gasteiger partial charge in [0.15, 0.2) is 0 Å². The Morgan fingerprint density at radius 1 is 1.20 bits per heavy atom. The highest BCUT2D eigenvalue weighted by Gasteiger charge is 2.27. The lowest BCUT2D eigenvalue weighted by Gasteiger charge is -2.12. The molecule has 0 saturated carbocycles. The van der Waals surface area contributed by atoms with Crippen LogP contribution in [0.4, 0.5) is 0 Å². The second-order valence-corrected chi connectivity index (χ2v) is 6.54. The standard InChI is InChI=1S/C19H16ClN3O2/c1-23-16-5-3-2-4-13(16)18(24)17(19(23)25)15-10-14(21-22-15)11-6-8-12(20)9-7-11/h2-9,14,21,24H,10H2,1H3. The molecule has 3 aromatic rings. The van der Waals surface area contributed by atoms with E-state index in [2.05, 4.69) is 10.5 Å². The lowest BCUT2D eigenvalue weighted by molar-refractivity contribution is 0.478. The minimum absolute atomic E-state index is 0.0176. The maximum Gasteiger partial charge on any atom is 0.263 e. The Bertz CT molecular complexity index is 1050. The number of pyridine rings is 1. The Balaban J connectivity index is 1.76. The summed E-state index contributed by atoms with van der Waals surface area (Å²) < 4.78 is 1.54. The first-order valence-corrected chi connectivity index (χ1v) is 8.32. The smallest absolute Gasteiger partial charge is 0.263 e. The molecular weight excluding hydrogens is 338 g/mol. The van der Waals surface area contributed by atoms with Gasteiger partial charge >= 0.3 is 0 Å². The predicted octanol–water partition coefficient (Wildman–Crippen LogP) is 3.34. The number of aromatic hydroxyl groups is 1. The van der Waals surface area contributed by atoms with Crippen LogP contribution in [-0.4, -0.2) is 15.4 Å². The summed E-state index contributed by atoms with van der Waals surface area (Å²) in [7, 11) is 1.70. The molecule has 1 atom stereocenters. The first-order valence-electron chi connectivity index (χ1n) is 7.95. The zero-order chi connectivity index (χ0) is 17.6. The molecule has 0 amide bonds. The average molecular weight is 354 g/mol. The molecule has 4 rings (SSSR count). The summed E-state index contributed by atoms with van der Waals surface area (Å²) in [6.45, 7) is 0. The van der Waals surface area contributed by atoms with E-state index in [4.69, 9.17) is 11.6 Å². The van der Waals surface area contributed by atoms with Crippen LogP contribution in [0.25, 0.3) is 10.9 Å². The van der Waals surface area contributed by atoms with Gasteiger partial charge < -0.3 is 15.1 Å². The number of nitrogens with one attached hydrogen (secondary N) is 1. The fraction of sp³-hybridized carbons (Fsp3) is 0.158.